The Morgan fingerprint density at radius 3 is 2.68 bits per heavy atom. The molecule has 0 unspecified atom stereocenters. The SMILES string of the molecule is C=C(NNC(=O)c1cc(-c2ccc(OCCC)cc2)n[nH]1)c1cccc(O)c1. The first-order chi connectivity index (χ1) is 13.6. The van der Waals surface area contributed by atoms with Crippen LogP contribution in [0.25, 0.3) is 17.0 Å². The van der Waals surface area contributed by atoms with E-state index in [1.807, 2.05) is 24.3 Å². The summed E-state index contributed by atoms with van der Waals surface area (Å²) in [5.41, 5.74) is 8.22. The van der Waals surface area contributed by atoms with Crippen LogP contribution in [0.2, 0.25) is 0 Å². The summed E-state index contributed by atoms with van der Waals surface area (Å²) in [4.78, 5) is 12.3. The van der Waals surface area contributed by atoms with E-state index in [2.05, 4.69) is 34.6 Å². The van der Waals surface area contributed by atoms with Crippen LogP contribution in [0.3, 0.4) is 0 Å². The minimum Gasteiger partial charge on any atom is -0.508 e. The Hall–Kier alpha value is -3.74. The number of hydrazine groups is 1. The van der Waals surface area contributed by atoms with Gasteiger partial charge in [0.15, 0.2) is 0 Å². The summed E-state index contributed by atoms with van der Waals surface area (Å²) in [6.07, 6.45) is 0.950. The van der Waals surface area contributed by atoms with Gasteiger partial charge in [0.1, 0.15) is 17.2 Å². The third kappa shape index (κ3) is 4.70. The molecule has 1 aromatic heterocycles. The molecule has 28 heavy (non-hydrogen) atoms. The van der Waals surface area contributed by atoms with Crippen molar-refractivity contribution in [2.75, 3.05) is 6.61 Å². The molecule has 2 aromatic carbocycles. The number of rotatable bonds is 8. The summed E-state index contributed by atoms with van der Waals surface area (Å²) >= 11 is 0. The van der Waals surface area contributed by atoms with Crippen LogP contribution in [0.15, 0.2) is 61.2 Å². The Labute approximate surface area is 163 Å². The summed E-state index contributed by atoms with van der Waals surface area (Å²) in [6.45, 7) is 6.57. The second-order valence-electron chi connectivity index (χ2n) is 6.15. The number of aromatic nitrogens is 2. The van der Waals surface area contributed by atoms with E-state index in [0.29, 0.717) is 29.3 Å². The van der Waals surface area contributed by atoms with Gasteiger partial charge in [0.25, 0.3) is 5.91 Å². The first-order valence-electron chi connectivity index (χ1n) is 8.90. The molecule has 0 aliphatic carbocycles. The molecule has 0 spiro atoms. The zero-order valence-electron chi connectivity index (χ0n) is 15.5. The lowest BCUT2D eigenvalue weighted by atomic mass is 10.1. The van der Waals surface area contributed by atoms with Gasteiger partial charge >= 0.3 is 0 Å². The van der Waals surface area contributed by atoms with Gasteiger partial charge in [-0.1, -0.05) is 25.6 Å². The summed E-state index contributed by atoms with van der Waals surface area (Å²) < 4.78 is 5.56. The van der Waals surface area contributed by atoms with Crippen molar-refractivity contribution >= 4 is 11.6 Å². The van der Waals surface area contributed by atoms with Crippen molar-refractivity contribution in [3.8, 4) is 22.8 Å². The van der Waals surface area contributed by atoms with Crippen molar-refractivity contribution in [2.24, 2.45) is 0 Å². The number of phenols is 1. The van der Waals surface area contributed by atoms with Gasteiger partial charge in [0.05, 0.1) is 18.0 Å². The predicted octanol–water partition coefficient (Wildman–Crippen LogP) is 3.48. The molecule has 144 valence electrons. The number of carbonyl (C=O) groups is 1. The number of hydrogen-bond donors (Lipinski definition) is 4. The lowest BCUT2D eigenvalue weighted by molar-refractivity contribution is 0.0937. The van der Waals surface area contributed by atoms with E-state index in [9.17, 15) is 9.90 Å². The molecule has 0 saturated heterocycles. The normalized spacial score (nSPS) is 10.3. The maximum absolute atomic E-state index is 12.3. The highest BCUT2D eigenvalue weighted by Gasteiger charge is 2.11. The number of aromatic hydroxyl groups is 1. The number of aromatic amines is 1. The summed E-state index contributed by atoms with van der Waals surface area (Å²) in [6, 6.07) is 15.8. The highest BCUT2D eigenvalue weighted by molar-refractivity contribution is 5.93. The van der Waals surface area contributed by atoms with Crippen LogP contribution < -0.4 is 15.6 Å². The smallest absolute Gasteiger partial charge is 0.287 e. The van der Waals surface area contributed by atoms with Gasteiger partial charge in [-0.15, -0.1) is 0 Å². The molecule has 0 bridgehead atoms. The van der Waals surface area contributed by atoms with E-state index in [1.165, 1.54) is 0 Å². The summed E-state index contributed by atoms with van der Waals surface area (Å²) in [5, 5.41) is 16.4. The standard InChI is InChI=1S/C21H22N4O3/c1-3-11-28-18-9-7-15(8-10-18)19-13-20(24-23-19)21(27)25-22-14(2)16-5-4-6-17(26)12-16/h4-10,12-13,22,26H,2-3,11H2,1H3,(H,23,24)(H,25,27). The molecule has 7 heteroatoms. The zero-order chi connectivity index (χ0) is 19.9. The molecular formula is C21H22N4O3. The number of benzene rings is 2. The maximum atomic E-state index is 12.3. The lowest BCUT2D eigenvalue weighted by Crippen LogP contribution is -2.36. The van der Waals surface area contributed by atoms with Crippen molar-refractivity contribution < 1.29 is 14.6 Å². The van der Waals surface area contributed by atoms with Crippen molar-refractivity contribution in [1.82, 2.24) is 21.0 Å². The molecule has 0 atom stereocenters. The Morgan fingerprint density at radius 1 is 1.18 bits per heavy atom. The molecule has 1 heterocycles. The largest absolute Gasteiger partial charge is 0.508 e. The van der Waals surface area contributed by atoms with Crippen molar-refractivity contribution in [2.45, 2.75) is 13.3 Å². The fourth-order valence-electron chi connectivity index (χ4n) is 2.49. The van der Waals surface area contributed by atoms with Crippen LogP contribution in [0, 0.1) is 0 Å². The van der Waals surface area contributed by atoms with E-state index in [-0.39, 0.29) is 11.7 Å². The average Bonchev–Trinajstić information content (AvgIpc) is 3.21. The minimum atomic E-state index is -0.386. The summed E-state index contributed by atoms with van der Waals surface area (Å²) in [5.74, 6) is 0.535. The second-order valence-corrected chi connectivity index (χ2v) is 6.15. The Morgan fingerprint density at radius 2 is 1.96 bits per heavy atom. The van der Waals surface area contributed by atoms with Gasteiger partial charge in [0, 0.05) is 11.1 Å². The number of hydrogen-bond acceptors (Lipinski definition) is 5. The van der Waals surface area contributed by atoms with E-state index in [4.69, 9.17) is 4.74 Å². The molecule has 0 aliphatic rings. The number of nitrogens with one attached hydrogen (secondary N) is 3. The fraction of sp³-hybridized carbons (Fsp3) is 0.143. The molecule has 0 saturated carbocycles. The van der Waals surface area contributed by atoms with Crippen LogP contribution in [-0.4, -0.2) is 27.8 Å². The summed E-state index contributed by atoms with van der Waals surface area (Å²) in [7, 11) is 0. The van der Waals surface area contributed by atoms with E-state index in [0.717, 1.165) is 17.7 Å². The number of nitrogens with zero attached hydrogens (tertiary/aromatic N) is 1. The van der Waals surface area contributed by atoms with Crippen LogP contribution in [0.1, 0.15) is 29.4 Å². The topological polar surface area (TPSA) is 99.3 Å². The molecule has 0 radical (unpaired) electrons. The fourth-order valence-corrected chi connectivity index (χ4v) is 2.49. The molecular weight excluding hydrogens is 356 g/mol. The molecule has 1 amide bonds. The molecule has 0 aliphatic heterocycles. The van der Waals surface area contributed by atoms with Crippen molar-refractivity contribution in [3.63, 3.8) is 0 Å². The van der Waals surface area contributed by atoms with Gasteiger partial charge in [-0.3, -0.25) is 20.7 Å². The van der Waals surface area contributed by atoms with Gasteiger partial charge < -0.3 is 9.84 Å². The van der Waals surface area contributed by atoms with E-state index >= 15 is 0 Å². The van der Waals surface area contributed by atoms with Crippen molar-refractivity contribution in [1.29, 1.82) is 0 Å². The highest BCUT2D eigenvalue weighted by atomic mass is 16.5. The zero-order valence-corrected chi connectivity index (χ0v) is 15.5. The first-order valence-corrected chi connectivity index (χ1v) is 8.90. The van der Waals surface area contributed by atoms with Gasteiger partial charge in [0.2, 0.25) is 0 Å². The Kier molecular flexibility index (Phi) is 5.96. The molecule has 4 N–H and O–H groups in total. The van der Waals surface area contributed by atoms with Gasteiger partial charge in [-0.2, -0.15) is 5.10 Å². The van der Waals surface area contributed by atoms with E-state index < -0.39 is 0 Å². The second kappa shape index (κ2) is 8.77. The molecule has 3 rings (SSSR count). The molecule has 0 fully saturated rings. The first kappa shape index (κ1) is 19.0. The maximum Gasteiger partial charge on any atom is 0.287 e. The Balaban J connectivity index is 1.60. The monoisotopic (exact) mass is 378 g/mol. The van der Waals surface area contributed by atoms with Crippen LogP contribution >= 0.6 is 0 Å². The van der Waals surface area contributed by atoms with E-state index in [1.54, 1.807) is 30.3 Å². The number of H-pyrrole nitrogens is 1. The average molecular weight is 378 g/mol. The Bertz CT molecular complexity index is 964. The molecule has 7 nitrogen and oxygen atoms in total. The van der Waals surface area contributed by atoms with Gasteiger partial charge in [-0.25, -0.2) is 0 Å². The third-order valence-electron chi connectivity index (χ3n) is 3.97. The quantitative estimate of drug-likeness (QED) is 0.450. The lowest BCUT2D eigenvalue weighted by Gasteiger charge is -2.10. The highest BCUT2D eigenvalue weighted by Crippen LogP contribution is 2.21. The van der Waals surface area contributed by atoms with Gasteiger partial charge in [-0.05, 0) is 48.9 Å². The van der Waals surface area contributed by atoms with Crippen LogP contribution in [-0.2, 0) is 0 Å². The predicted molar refractivity (Wildman–Crippen MR) is 108 cm³/mol. The number of phenolic OH excluding ortho intramolecular Hbond substituents is 1. The van der Waals surface area contributed by atoms with Crippen LogP contribution in [0.5, 0.6) is 11.5 Å². The number of carbonyl (C=O) groups excluding carboxylic acids is 1. The van der Waals surface area contributed by atoms with Crippen molar-refractivity contribution in [3.05, 3.63) is 72.4 Å². The number of amides is 1. The number of ether oxygens (including phenoxy) is 1. The third-order valence-corrected chi connectivity index (χ3v) is 3.97. The molecule has 3 aromatic rings. The minimum absolute atomic E-state index is 0.121. The van der Waals surface area contributed by atoms with Crippen LogP contribution in [0.4, 0.5) is 0 Å².